The lowest BCUT2D eigenvalue weighted by Gasteiger charge is -2.02. The van der Waals surface area contributed by atoms with Gasteiger partial charge in [-0.2, -0.15) is 0 Å². The number of fused-ring (bicyclic) bond motifs is 1. The highest BCUT2D eigenvalue weighted by molar-refractivity contribution is 7.99. The summed E-state index contributed by atoms with van der Waals surface area (Å²) < 4.78 is 1.93. The minimum Gasteiger partial charge on any atom is -0.397 e. The van der Waals surface area contributed by atoms with Gasteiger partial charge in [0.15, 0.2) is 5.65 Å². The zero-order valence-corrected chi connectivity index (χ0v) is 10.6. The Morgan fingerprint density at radius 1 is 1.28 bits per heavy atom. The Labute approximate surface area is 108 Å². The molecule has 0 fully saturated rings. The van der Waals surface area contributed by atoms with Crippen molar-refractivity contribution in [1.82, 2.24) is 19.6 Å². The fraction of sp³-hybridized carbons (Fsp3) is 0.0833. The molecule has 5 nitrogen and oxygen atoms in total. The molecule has 0 saturated heterocycles. The van der Waals surface area contributed by atoms with Gasteiger partial charge in [0.1, 0.15) is 5.03 Å². The van der Waals surface area contributed by atoms with E-state index < -0.39 is 0 Å². The predicted molar refractivity (Wildman–Crippen MR) is 70.5 cm³/mol. The normalized spacial score (nSPS) is 10.9. The smallest absolute Gasteiger partial charge is 0.201 e. The van der Waals surface area contributed by atoms with Gasteiger partial charge in [0.25, 0.3) is 0 Å². The molecule has 18 heavy (non-hydrogen) atoms. The summed E-state index contributed by atoms with van der Waals surface area (Å²) >= 11 is 1.47. The first-order chi connectivity index (χ1) is 8.74. The van der Waals surface area contributed by atoms with Crippen molar-refractivity contribution in [3.8, 4) is 0 Å². The van der Waals surface area contributed by atoms with E-state index in [1.807, 2.05) is 41.8 Å². The molecule has 0 aromatic carbocycles. The van der Waals surface area contributed by atoms with Gasteiger partial charge in [-0.25, -0.2) is 4.98 Å². The second-order valence-electron chi connectivity index (χ2n) is 3.89. The average Bonchev–Trinajstić information content (AvgIpc) is 2.78. The van der Waals surface area contributed by atoms with Gasteiger partial charge in [-0.1, -0.05) is 6.07 Å². The van der Waals surface area contributed by atoms with E-state index in [0.29, 0.717) is 5.69 Å². The van der Waals surface area contributed by atoms with Gasteiger partial charge < -0.3 is 5.73 Å². The summed E-state index contributed by atoms with van der Waals surface area (Å²) in [6.07, 6.45) is 3.60. The van der Waals surface area contributed by atoms with Crippen LogP contribution in [0.2, 0.25) is 0 Å². The average molecular weight is 257 g/mol. The second kappa shape index (κ2) is 4.30. The number of nitrogen functional groups attached to an aromatic ring is 1. The van der Waals surface area contributed by atoms with Gasteiger partial charge in [0.2, 0.25) is 5.16 Å². The molecule has 3 heterocycles. The number of aryl methyl sites for hydroxylation is 1. The first-order valence-corrected chi connectivity index (χ1v) is 6.25. The molecule has 0 spiro atoms. The summed E-state index contributed by atoms with van der Waals surface area (Å²) in [7, 11) is 0. The van der Waals surface area contributed by atoms with Crippen molar-refractivity contribution < 1.29 is 0 Å². The molecule has 0 radical (unpaired) electrons. The number of anilines is 1. The van der Waals surface area contributed by atoms with Crippen molar-refractivity contribution in [1.29, 1.82) is 0 Å². The third kappa shape index (κ3) is 1.91. The Hall–Kier alpha value is -2.08. The molecule has 0 atom stereocenters. The molecule has 2 N–H and O–H groups in total. The number of nitrogens with two attached hydrogens (primary N) is 1. The Morgan fingerprint density at radius 3 is 3.00 bits per heavy atom. The Balaban J connectivity index is 1.98. The summed E-state index contributed by atoms with van der Waals surface area (Å²) in [5.41, 5.74) is 8.29. The predicted octanol–water partition coefficient (Wildman–Crippen LogP) is 2.17. The molecular formula is C12H11N5S. The molecule has 0 saturated carbocycles. The van der Waals surface area contributed by atoms with Crippen molar-refractivity contribution in [3.05, 3.63) is 42.2 Å². The monoisotopic (exact) mass is 257 g/mol. The minimum atomic E-state index is 0.699. The summed E-state index contributed by atoms with van der Waals surface area (Å²) in [6.45, 7) is 1.96. The number of hydrogen-bond donors (Lipinski definition) is 1. The van der Waals surface area contributed by atoms with Crippen LogP contribution in [0.3, 0.4) is 0 Å². The van der Waals surface area contributed by atoms with Gasteiger partial charge in [0.05, 0.1) is 11.9 Å². The van der Waals surface area contributed by atoms with Crippen LogP contribution in [-0.4, -0.2) is 19.6 Å². The van der Waals surface area contributed by atoms with Crippen LogP contribution in [-0.2, 0) is 0 Å². The number of aromatic nitrogens is 4. The highest BCUT2D eigenvalue weighted by Crippen LogP contribution is 2.26. The zero-order valence-electron chi connectivity index (χ0n) is 9.74. The van der Waals surface area contributed by atoms with Crippen LogP contribution in [0, 0.1) is 6.92 Å². The molecule has 3 rings (SSSR count). The Kier molecular flexibility index (Phi) is 2.64. The minimum absolute atomic E-state index is 0.699. The molecule has 0 aliphatic heterocycles. The van der Waals surface area contributed by atoms with Gasteiger partial charge >= 0.3 is 0 Å². The van der Waals surface area contributed by atoms with Gasteiger partial charge in [0, 0.05) is 6.20 Å². The van der Waals surface area contributed by atoms with Gasteiger partial charge in [-0.3, -0.25) is 4.40 Å². The van der Waals surface area contributed by atoms with E-state index in [-0.39, 0.29) is 0 Å². The maximum atomic E-state index is 5.75. The van der Waals surface area contributed by atoms with Crippen LogP contribution in [0.15, 0.2) is 46.8 Å². The number of hydrogen-bond acceptors (Lipinski definition) is 5. The van der Waals surface area contributed by atoms with Crippen LogP contribution in [0.1, 0.15) is 5.56 Å². The number of rotatable bonds is 2. The summed E-state index contributed by atoms with van der Waals surface area (Å²) in [5.74, 6) is 0. The molecular weight excluding hydrogens is 246 g/mol. The molecule has 0 aliphatic carbocycles. The highest BCUT2D eigenvalue weighted by atomic mass is 32.2. The van der Waals surface area contributed by atoms with Gasteiger partial charge in [-0.05, 0) is 42.4 Å². The summed E-state index contributed by atoms with van der Waals surface area (Å²) in [6, 6.07) is 7.74. The number of nitrogens with zero attached hydrogens (tertiary/aromatic N) is 4. The first-order valence-electron chi connectivity index (χ1n) is 5.44. The molecule has 0 bridgehead atoms. The van der Waals surface area contributed by atoms with Crippen molar-refractivity contribution in [2.24, 2.45) is 0 Å². The maximum absolute atomic E-state index is 5.75. The molecule has 0 unspecified atom stereocenters. The Bertz CT molecular complexity index is 707. The SMILES string of the molecule is Cc1cc(Sc2nnc3ccccn23)ncc1N. The van der Waals surface area contributed by atoms with Crippen molar-refractivity contribution >= 4 is 23.1 Å². The molecule has 6 heteroatoms. The highest BCUT2D eigenvalue weighted by Gasteiger charge is 2.08. The van der Waals surface area contributed by atoms with Crippen LogP contribution < -0.4 is 5.73 Å². The van der Waals surface area contributed by atoms with Crippen LogP contribution >= 0.6 is 11.8 Å². The standard InChI is InChI=1S/C12H11N5S/c1-8-6-11(14-7-9(8)13)18-12-16-15-10-4-2-3-5-17(10)12/h2-7H,13H2,1H3. The van der Waals surface area contributed by atoms with E-state index in [1.165, 1.54) is 11.8 Å². The first kappa shape index (κ1) is 11.0. The summed E-state index contributed by atoms with van der Waals surface area (Å²) in [5, 5.41) is 9.90. The van der Waals surface area contributed by atoms with E-state index in [0.717, 1.165) is 21.4 Å². The number of pyridine rings is 2. The largest absolute Gasteiger partial charge is 0.397 e. The van der Waals surface area contributed by atoms with Crippen molar-refractivity contribution in [2.45, 2.75) is 17.1 Å². The van der Waals surface area contributed by atoms with E-state index in [9.17, 15) is 0 Å². The third-order valence-corrected chi connectivity index (χ3v) is 3.50. The lowest BCUT2D eigenvalue weighted by molar-refractivity contribution is 0.916. The quantitative estimate of drug-likeness (QED) is 0.762. The molecule has 90 valence electrons. The molecule has 0 amide bonds. The van der Waals surface area contributed by atoms with E-state index >= 15 is 0 Å². The molecule has 3 aromatic rings. The molecule has 0 aliphatic rings. The van der Waals surface area contributed by atoms with Crippen molar-refractivity contribution in [2.75, 3.05) is 5.73 Å². The van der Waals surface area contributed by atoms with Gasteiger partial charge in [-0.15, -0.1) is 10.2 Å². The topological polar surface area (TPSA) is 69.1 Å². The maximum Gasteiger partial charge on any atom is 0.201 e. The fourth-order valence-electron chi connectivity index (χ4n) is 1.58. The molecule has 3 aromatic heterocycles. The Morgan fingerprint density at radius 2 is 2.17 bits per heavy atom. The summed E-state index contributed by atoms with van der Waals surface area (Å²) in [4.78, 5) is 4.28. The fourth-order valence-corrected chi connectivity index (χ4v) is 2.44. The van der Waals surface area contributed by atoms with E-state index in [4.69, 9.17) is 5.73 Å². The van der Waals surface area contributed by atoms with Crippen LogP contribution in [0.5, 0.6) is 0 Å². The van der Waals surface area contributed by atoms with E-state index in [2.05, 4.69) is 15.2 Å². The third-order valence-electron chi connectivity index (χ3n) is 2.60. The lowest BCUT2D eigenvalue weighted by Crippen LogP contribution is -1.93. The van der Waals surface area contributed by atoms with Crippen LogP contribution in [0.4, 0.5) is 5.69 Å². The lowest BCUT2D eigenvalue weighted by atomic mass is 10.3. The van der Waals surface area contributed by atoms with Crippen molar-refractivity contribution in [3.63, 3.8) is 0 Å². The van der Waals surface area contributed by atoms with E-state index in [1.54, 1.807) is 6.20 Å². The second-order valence-corrected chi connectivity index (χ2v) is 4.88. The zero-order chi connectivity index (χ0) is 12.5. The van der Waals surface area contributed by atoms with Crippen LogP contribution in [0.25, 0.3) is 5.65 Å².